The number of benzene rings is 1. The Morgan fingerprint density at radius 1 is 1.30 bits per heavy atom. The molecule has 0 radical (unpaired) electrons. The summed E-state index contributed by atoms with van der Waals surface area (Å²) in [5.74, 6) is 0. The summed E-state index contributed by atoms with van der Waals surface area (Å²) in [5.41, 5.74) is 9.00. The number of ether oxygens (including phenoxy) is 2. The average Bonchev–Trinajstić information content (AvgIpc) is 2.48. The Labute approximate surface area is 121 Å². The molecule has 2 N–H and O–H groups in total. The van der Waals surface area contributed by atoms with Crippen molar-refractivity contribution >= 4 is 0 Å². The van der Waals surface area contributed by atoms with E-state index in [1.165, 1.54) is 17.5 Å². The maximum absolute atomic E-state index is 6.47. The van der Waals surface area contributed by atoms with Gasteiger partial charge in [-0.1, -0.05) is 24.3 Å². The van der Waals surface area contributed by atoms with Crippen LogP contribution in [0.2, 0.25) is 0 Å². The lowest BCUT2D eigenvalue weighted by molar-refractivity contribution is -0.0928. The lowest BCUT2D eigenvalue weighted by Gasteiger charge is -2.40. The van der Waals surface area contributed by atoms with Crippen molar-refractivity contribution in [1.82, 2.24) is 0 Å². The van der Waals surface area contributed by atoms with Crippen LogP contribution in [0.5, 0.6) is 0 Å². The summed E-state index contributed by atoms with van der Waals surface area (Å²) < 4.78 is 12.0. The number of hydrogen-bond acceptors (Lipinski definition) is 3. The maximum Gasteiger partial charge on any atom is 0.0843 e. The zero-order valence-electron chi connectivity index (χ0n) is 12.3. The molecule has 20 heavy (non-hydrogen) atoms. The summed E-state index contributed by atoms with van der Waals surface area (Å²) in [7, 11) is 0. The Morgan fingerprint density at radius 3 is 2.95 bits per heavy atom. The molecule has 0 spiro atoms. The van der Waals surface area contributed by atoms with Gasteiger partial charge in [-0.25, -0.2) is 0 Å². The Morgan fingerprint density at radius 2 is 2.15 bits per heavy atom. The molecule has 0 bridgehead atoms. The Hall–Kier alpha value is -0.900. The molecule has 1 fully saturated rings. The first-order chi connectivity index (χ1) is 9.69. The minimum absolute atomic E-state index is 0.0268. The first-order valence-electron chi connectivity index (χ1n) is 7.78. The summed E-state index contributed by atoms with van der Waals surface area (Å²) >= 11 is 0. The van der Waals surface area contributed by atoms with E-state index in [0.29, 0.717) is 0 Å². The van der Waals surface area contributed by atoms with E-state index in [-0.39, 0.29) is 17.7 Å². The largest absolute Gasteiger partial charge is 0.374 e. The second-order valence-electron chi connectivity index (χ2n) is 6.27. The molecular weight excluding hydrogens is 250 g/mol. The van der Waals surface area contributed by atoms with Gasteiger partial charge < -0.3 is 15.2 Å². The fraction of sp³-hybridized carbons (Fsp3) is 0.647. The van der Waals surface area contributed by atoms with Gasteiger partial charge in [-0.3, -0.25) is 0 Å². The van der Waals surface area contributed by atoms with E-state index in [9.17, 15) is 0 Å². The van der Waals surface area contributed by atoms with Crippen LogP contribution >= 0.6 is 0 Å². The molecule has 1 aromatic rings. The second-order valence-corrected chi connectivity index (χ2v) is 6.27. The lowest BCUT2D eigenvalue weighted by atomic mass is 9.83. The molecule has 0 aliphatic carbocycles. The van der Waals surface area contributed by atoms with Crippen molar-refractivity contribution in [1.29, 1.82) is 0 Å². The van der Waals surface area contributed by atoms with Gasteiger partial charge in [-0.2, -0.15) is 0 Å². The van der Waals surface area contributed by atoms with Crippen LogP contribution in [0.3, 0.4) is 0 Å². The Bertz CT molecular complexity index is 454. The summed E-state index contributed by atoms with van der Waals surface area (Å²) in [5, 5.41) is 0. The third kappa shape index (κ3) is 2.76. The first-order valence-corrected chi connectivity index (χ1v) is 7.78. The van der Waals surface area contributed by atoms with Gasteiger partial charge in [0.05, 0.1) is 18.3 Å². The average molecular weight is 275 g/mol. The molecule has 1 aromatic carbocycles. The predicted molar refractivity (Wildman–Crippen MR) is 79.6 cm³/mol. The molecular formula is C17H25NO2. The maximum atomic E-state index is 6.47. The Kier molecular flexibility index (Phi) is 4.11. The van der Waals surface area contributed by atoms with Crippen molar-refractivity contribution in [2.45, 2.75) is 56.8 Å². The molecule has 3 atom stereocenters. The molecule has 0 aromatic heterocycles. The normalized spacial score (nSPS) is 31.6. The first kappa shape index (κ1) is 14.1. The highest BCUT2D eigenvalue weighted by Crippen LogP contribution is 2.35. The van der Waals surface area contributed by atoms with Crippen LogP contribution < -0.4 is 5.73 Å². The molecule has 2 aliphatic rings. The van der Waals surface area contributed by atoms with Gasteiger partial charge in [0.1, 0.15) is 0 Å². The zero-order chi connectivity index (χ0) is 14.0. The van der Waals surface area contributed by atoms with Gasteiger partial charge >= 0.3 is 0 Å². The van der Waals surface area contributed by atoms with Crippen molar-refractivity contribution in [3.8, 4) is 0 Å². The van der Waals surface area contributed by atoms with Crippen molar-refractivity contribution in [2.75, 3.05) is 13.2 Å². The number of rotatable bonds is 3. The SMILES string of the molecule is CC1(C(N)CC2OCCc3ccccc32)CCCCO1. The Balaban J connectivity index is 1.72. The molecule has 3 heteroatoms. The van der Waals surface area contributed by atoms with Crippen LogP contribution in [-0.4, -0.2) is 24.9 Å². The van der Waals surface area contributed by atoms with Gasteiger partial charge in [-0.15, -0.1) is 0 Å². The zero-order valence-corrected chi connectivity index (χ0v) is 12.3. The van der Waals surface area contributed by atoms with Crippen molar-refractivity contribution < 1.29 is 9.47 Å². The summed E-state index contributed by atoms with van der Waals surface area (Å²) in [6, 6.07) is 8.60. The molecule has 110 valence electrons. The van der Waals surface area contributed by atoms with Gasteiger partial charge in [0, 0.05) is 12.6 Å². The third-order valence-electron chi connectivity index (χ3n) is 4.84. The molecule has 3 unspecified atom stereocenters. The van der Waals surface area contributed by atoms with E-state index in [2.05, 4.69) is 31.2 Å². The molecule has 3 rings (SSSR count). The number of nitrogens with two attached hydrogens (primary N) is 1. The van der Waals surface area contributed by atoms with Gasteiger partial charge in [-0.05, 0) is 50.2 Å². The van der Waals surface area contributed by atoms with Crippen LogP contribution in [0.1, 0.15) is 49.8 Å². The van der Waals surface area contributed by atoms with Crippen LogP contribution in [0.4, 0.5) is 0 Å². The number of fused-ring (bicyclic) bond motifs is 1. The van der Waals surface area contributed by atoms with Crippen molar-refractivity contribution in [2.24, 2.45) is 5.73 Å². The quantitative estimate of drug-likeness (QED) is 0.922. The van der Waals surface area contributed by atoms with E-state index in [1.807, 2.05) is 0 Å². The van der Waals surface area contributed by atoms with Crippen molar-refractivity contribution in [3.63, 3.8) is 0 Å². The topological polar surface area (TPSA) is 44.5 Å². The predicted octanol–water partition coefficient (Wildman–Crippen LogP) is 2.98. The smallest absolute Gasteiger partial charge is 0.0843 e. The van der Waals surface area contributed by atoms with Crippen LogP contribution in [0.25, 0.3) is 0 Å². The molecule has 2 aliphatic heterocycles. The standard InChI is InChI=1S/C17H25NO2/c1-17(9-4-5-10-20-17)16(18)12-15-14-7-3-2-6-13(14)8-11-19-15/h2-3,6-7,15-16H,4-5,8-12,18H2,1H3. The van der Waals surface area contributed by atoms with E-state index in [1.54, 1.807) is 0 Å². The van der Waals surface area contributed by atoms with Crippen LogP contribution in [0, 0.1) is 0 Å². The number of hydrogen-bond donors (Lipinski definition) is 1. The van der Waals surface area contributed by atoms with Gasteiger partial charge in [0.15, 0.2) is 0 Å². The lowest BCUT2D eigenvalue weighted by Crippen LogP contribution is -2.50. The van der Waals surface area contributed by atoms with Crippen LogP contribution in [0.15, 0.2) is 24.3 Å². The molecule has 3 nitrogen and oxygen atoms in total. The summed E-state index contributed by atoms with van der Waals surface area (Å²) in [4.78, 5) is 0. The monoisotopic (exact) mass is 275 g/mol. The second kappa shape index (κ2) is 5.84. The van der Waals surface area contributed by atoms with Crippen molar-refractivity contribution in [3.05, 3.63) is 35.4 Å². The molecule has 0 amide bonds. The van der Waals surface area contributed by atoms with E-state index in [4.69, 9.17) is 15.2 Å². The van der Waals surface area contributed by atoms with E-state index in [0.717, 1.165) is 38.9 Å². The van der Waals surface area contributed by atoms with Gasteiger partial charge in [0.2, 0.25) is 0 Å². The summed E-state index contributed by atoms with van der Waals surface area (Å²) in [6.45, 7) is 3.80. The van der Waals surface area contributed by atoms with E-state index >= 15 is 0 Å². The highest BCUT2D eigenvalue weighted by atomic mass is 16.5. The van der Waals surface area contributed by atoms with Gasteiger partial charge in [0.25, 0.3) is 0 Å². The summed E-state index contributed by atoms with van der Waals surface area (Å²) in [6.07, 6.45) is 5.40. The molecule has 1 saturated heterocycles. The van der Waals surface area contributed by atoms with E-state index < -0.39 is 0 Å². The third-order valence-corrected chi connectivity index (χ3v) is 4.84. The fourth-order valence-corrected chi connectivity index (χ4v) is 3.40. The highest BCUT2D eigenvalue weighted by Gasteiger charge is 2.37. The van der Waals surface area contributed by atoms with Crippen LogP contribution in [-0.2, 0) is 15.9 Å². The minimum atomic E-state index is -0.187. The fourth-order valence-electron chi connectivity index (χ4n) is 3.40. The molecule has 2 heterocycles. The highest BCUT2D eigenvalue weighted by molar-refractivity contribution is 5.31. The molecule has 0 saturated carbocycles. The minimum Gasteiger partial charge on any atom is -0.374 e.